The van der Waals surface area contributed by atoms with Crippen molar-refractivity contribution < 1.29 is 66.5 Å². The highest BCUT2D eigenvalue weighted by atomic mass is 16.8. The smallest absolute Gasteiger partial charge is 0.338 e. The zero-order valence-electron chi connectivity index (χ0n) is 44.3. The van der Waals surface area contributed by atoms with Crippen molar-refractivity contribution in [2.24, 2.45) is 0 Å². The van der Waals surface area contributed by atoms with E-state index in [-0.39, 0.29) is 62.9 Å². The molecule has 0 radical (unpaired) electrons. The molecule has 0 bridgehead atoms. The second kappa shape index (κ2) is 30.1. The van der Waals surface area contributed by atoms with Gasteiger partial charge in [0.15, 0.2) is 30.9 Å². The van der Waals surface area contributed by atoms with Crippen LogP contribution in [0, 0.1) is 0 Å². The van der Waals surface area contributed by atoms with Crippen LogP contribution >= 0.6 is 0 Å². The minimum atomic E-state index is -1.54. The average molecular weight is 1080 g/mol. The lowest BCUT2D eigenvalue weighted by atomic mass is 9.96. The number of carbonyl (C=O) groups excluding carboxylic acids is 3. The van der Waals surface area contributed by atoms with E-state index in [1.165, 1.54) is 0 Å². The molecule has 0 unspecified atom stereocenters. The molecule has 9 rings (SSSR count). The highest BCUT2D eigenvalue weighted by Crippen LogP contribution is 2.35. The van der Waals surface area contributed by atoms with Gasteiger partial charge < -0.3 is 52.1 Å². The van der Waals surface area contributed by atoms with E-state index < -0.39 is 79.3 Å². The van der Waals surface area contributed by atoms with E-state index in [0.717, 1.165) is 22.3 Å². The molecule has 0 N–H and O–H groups in total. The Bertz CT molecular complexity index is 2940. The maximum atomic E-state index is 14.4. The van der Waals surface area contributed by atoms with E-state index in [9.17, 15) is 14.4 Å². The third kappa shape index (κ3) is 16.2. The molecule has 0 spiro atoms. The highest BCUT2D eigenvalue weighted by Gasteiger charge is 2.55. The van der Waals surface area contributed by atoms with Gasteiger partial charge in [-0.15, -0.1) is 6.58 Å². The topological polar surface area (TPSA) is 153 Å². The van der Waals surface area contributed by atoms with Gasteiger partial charge in [0, 0.05) is 0 Å². The normalized spacial score (nSPS) is 22.6. The first-order chi connectivity index (χ1) is 39.4. The standard InChI is InChI=1S/C66H66O14/c1-2-3-25-40-71-66-61(80-64(69)53-38-23-10-24-39-53)59(79-63(68)52-36-21-9-22-37-52)57(78-62(67)51-34-19-8-20-35-51)55(77-66)46-75-65-60(74-44-50-32-17-7-18-33-50)58(73-43-49-30-15-6-16-31-49)56(72-42-48-28-13-5-14-29-48)54(76-65)45-70-41-47-26-11-4-12-27-47/h2,4-24,26-39,54-61,65-66H,1,3,25,40-46H2/t54-,55-,56-,57-,58+,59+,60+,61-,65+,66-/m1/s1. The van der Waals surface area contributed by atoms with Crippen molar-refractivity contribution >= 4 is 17.9 Å². The van der Waals surface area contributed by atoms with Gasteiger partial charge in [0.25, 0.3) is 0 Å². The number of rotatable bonds is 27. The molecule has 414 valence electrons. The van der Waals surface area contributed by atoms with Crippen LogP contribution in [0.3, 0.4) is 0 Å². The minimum Gasteiger partial charge on any atom is -0.452 e. The zero-order chi connectivity index (χ0) is 55.1. The van der Waals surface area contributed by atoms with Crippen LogP contribution in [0.1, 0.15) is 66.2 Å². The van der Waals surface area contributed by atoms with Gasteiger partial charge in [-0.05, 0) is 71.5 Å². The van der Waals surface area contributed by atoms with E-state index in [4.69, 9.17) is 52.1 Å². The van der Waals surface area contributed by atoms with Crippen LogP contribution < -0.4 is 0 Å². The molecular weight excluding hydrogens is 1020 g/mol. The van der Waals surface area contributed by atoms with Crippen LogP contribution in [0.5, 0.6) is 0 Å². The summed E-state index contributed by atoms with van der Waals surface area (Å²) in [4.78, 5) is 42.9. The number of carbonyl (C=O) groups is 3. The van der Waals surface area contributed by atoms with E-state index >= 15 is 0 Å². The molecule has 2 heterocycles. The molecule has 14 heteroatoms. The Kier molecular flexibility index (Phi) is 21.5. The van der Waals surface area contributed by atoms with Crippen LogP contribution in [-0.2, 0) is 78.5 Å². The number of allylic oxidation sites excluding steroid dienone is 1. The molecule has 2 saturated heterocycles. The number of esters is 3. The quantitative estimate of drug-likeness (QED) is 0.0208. The first kappa shape index (κ1) is 57.1. The van der Waals surface area contributed by atoms with Crippen LogP contribution in [0.2, 0.25) is 0 Å². The van der Waals surface area contributed by atoms with Crippen LogP contribution in [0.4, 0.5) is 0 Å². The van der Waals surface area contributed by atoms with Gasteiger partial charge in [-0.2, -0.15) is 0 Å². The van der Waals surface area contributed by atoms with Crippen molar-refractivity contribution in [2.75, 3.05) is 19.8 Å². The van der Waals surface area contributed by atoms with Gasteiger partial charge in [0.05, 0.1) is 62.9 Å². The predicted molar refractivity (Wildman–Crippen MR) is 297 cm³/mol. The molecule has 0 aromatic heterocycles. The van der Waals surface area contributed by atoms with Gasteiger partial charge in [-0.25, -0.2) is 14.4 Å². The van der Waals surface area contributed by atoms with Crippen molar-refractivity contribution in [1.29, 1.82) is 0 Å². The number of hydrogen-bond acceptors (Lipinski definition) is 14. The van der Waals surface area contributed by atoms with Crippen LogP contribution in [0.25, 0.3) is 0 Å². The van der Waals surface area contributed by atoms with Gasteiger partial charge in [-0.1, -0.05) is 182 Å². The summed E-state index contributed by atoms with van der Waals surface area (Å²) in [5.74, 6) is -2.32. The van der Waals surface area contributed by atoms with Gasteiger partial charge in [0.2, 0.25) is 0 Å². The summed E-state index contributed by atoms with van der Waals surface area (Å²) in [5.41, 5.74) is 4.28. The van der Waals surface area contributed by atoms with E-state index in [0.29, 0.717) is 12.8 Å². The fraction of sp³-hybridized carbons (Fsp3) is 0.288. The third-order valence-electron chi connectivity index (χ3n) is 13.4. The molecule has 7 aromatic rings. The van der Waals surface area contributed by atoms with E-state index in [1.54, 1.807) is 97.1 Å². The Morgan fingerprint density at radius 3 is 1.19 bits per heavy atom. The predicted octanol–water partition coefficient (Wildman–Crippen LogP) is 11.1. The molecular formula is C66H66O14. The number of benzene rings is 7. The van der Waals surface area contributed by atoms with Crippen molar-refractivity contribution in [3.05, 3.63) is 264 Å². The summed E-state index contributed by atoms with van der Waals surface area (Å²) in [7, 11) is 0. The maximum absolute atomic E-state index is 14.4. The van der Waals surface area contributed by atoms with Gasteiger partial charge >= 0.3 is 17.9 Å². The second-order valence-electron chi connectivity index (χ2n) is 19.2. The largest absolute Gasteiger partial charge is 0.452 e. The molecule has 0 saturated carbocycles. The summed E-state index contributed by atoms with van der Waals surface area (Å²) in [6.07, 6.45) is -9.00. The molecule has 0 amide bonds. The Morgan fingerprint density at radius 1 is 0.375 bits per heavy atom. The van der Waals surface area contributed by atoms with Gasteiger partial charge in [0.1, 0.15) is 30.5 Å². The number of hydrogen-bond donors (Lipinski definition) is 0. The minimum absolute atomic E-state index is 0.0502. The molecule has 2 aliphatic rings. The van der Waals surface area contributed by atoms with Crippen molar-refractivity contribution in [2.45, 2.75) is 101 Å². The monoisotopic (exact) mass is 1080 g/mol. The lowest BCUT2D eigenvalue weighted by Crippen LogP contribution is -2.64. The molecule has 0 aliphatic carbocycles. The molecule has 80 heavy (non-hydrogen) atoms. The summed E-state index contributed by atoms with van der Waals surface area (Å²) < 4.78 is 73.6. The number of unbranched alkanes of at least 4 members (excludes halogenated alkanes) is 1. The first-order valence-corrected chi connectivity index (χ1v) is 26.9. The van der Waals surface area contributed by atoms with E-state index in [2.05, 4.69) is 6.58 Å². The Labute approximate surface area is 467 Å². The first-order valence-electron chi connectivity index (χ1n) is 26.9. The summed E-state index contributed by atoms with van der Waals surface area (Å²) in [6.45, 7) is 4.44. The van der Waals surface area contributed by atoms with E-state index in [1.807, 2.05) is 121 Å². The lowest BCUT2D eigenvalue weighted by Gasteiger charge is -2.47. The van der Waals surface area contributed by atoms with Gasteiger partial charge in [-0.3, -0.25) is 0 Å². The Balaban J connectivity index is 1.10. The average Bonchev–Trinajstić information content (AvgIpc) is 3.53. The Hall–Kier alpha value is -7.63. The Morgan fingerprint density at radius 2 is 0.738 bits per heavy atom. The second-order valence-corrected chi connectivity index (χ2v) is 19.2. The molecule has 2 aliphatic heterocycles. The third-order valence-corrected chi connectivity index (χ3v) is 13.4. The fourth-order valence-electron chi connectivity index (χ4n) is 9.34. The lowest BCUT2D eigenvalue weighted by molar-refractivity contribution is -0.344. The van der Waals surface area contributed by atoms with Crippen LogP contribution in [0.15, 0.2) is 225 Å². The molecule has 10 atom stereocenters. The molecule has 14 nitrogen and oxygen atoms in total. The summed E-state index contributed by atoms with van der Waals surface area (Å²) in [5, 5.41) is 0. The zero-order valence-corrected chi connectivity index (χ0v) is 44.3. The van der Waals surface area contributed by atoms with Crippen molar-refractivity contribution in [3.63, 3.8) is 0 Å². The fourth-order valence-corrected chi connectivity index (χ4v) is 9.34. The summed E-state index contributed by atoms with van der Waals surface area (Å²) in [6, 6.07) is 64.1. The maximum Gasteiger partial charge on any atom is 0.338 e. The molecule has 2 fully saturated rings. The number of ether oxygens (including phenoxy) is 11. The van der Waals surface area contributed by atoms with Crippen molar-refractivity contribution in [3.8, 4) is 0 Å². The molecule has 7 aromatic carbocycles. The SMILES string of the molecule is C=CCCCO[C@@H]1O[C@H](CO[C@H]2O[C@H](COCc3ccccc3)[C@@H](OCc3ccccc3)[C@H](OCc3ccccc3)[C@@H]2OCc2ccccc2)[C@@H](OC(=O)c2ccccc2)[C@H](OC(=O)c2ccccc2)[C@H]1OC(=O)c1ccccc1. The van der Waals surface area contributed by atoms with Crippen LogP contribution in [-0.4, -0.2) is 99.1 Å². The summed E-state index contributed by atoms with van der Waals surface area (Å²) >= 11 is 0. The highest BCUT2D eigenvalue weighted by molar-refractivity contribution is 5.91. The van der Waals surface area contributed by atoms with Crippen molar-refractivity contribution in [1.82, 2.24) is 0 Å².